The van der Waals surface area contributed by atoms with Crippen molar-refractivity contribution in [3.8, 4) is 0 Å². The molecule has 1 nitrogen and oxygen atoms in total. The maximum absolute atomic E-state index is 3.74. The Hall–Kier alpha value is -0.0400. The number of hydrogen-bond donors (Lipinski definition) is 1. The van der Waals surface area contributed by atoms with Crippen LogP contribution in [0.4, 0.5) is 0 Å². The molecule has 2 atom stereocenters. The highest BCUT2D eigenvalue weighted by atomic mass is 15.0. The molecule has 2 rings (SSSR count). The van der Waals surface area contributed by atoms with Gasteiger partial charge >= 0.3 is 0 Å². The van der Waals surface area contributed by atoms with Gasteiger partial charge in [0.05, 0.1) is 0 Å². The van der Waals surface area contributed by atoms with Gasteiger partial charge in [-0.15, -0.1) is 0 Å². The van der Waals surface area contributed by atoms with Crippen LogP contribution in [0.25, 0.3) is 0 Å². The Labute approximate surface area is 75.9 Å². The SMILES string of the molecule is CC(NC(C)C1CC1)C1CCC1. The standard InChI is InChI=1S/C11H21N/c1-8(10-4-3-5-10)12-9(2)11-6-7-11/h8-12H,3-7H2,1-2H3. The van der Waals surface area contributed by atoms with Crippen LogP contribution in [0.1, 0.15) is 46.0 Å². The van der Waals surface area contributed by atoms with Crippen LogP contribution in [-0.2, 0) is 0 Å². The second kappa shape index (κ2) is 3.37. The van der Waals surface area contributed by atoms with Crippen LogP contribution in [0.2, 0.25) is 0 Å². The van der Waals surface area contributed by atoms with E-state index in [1.807, 2.05) is 0 Å². The minimum absolute atomic E-state index is 0.773. The predicted octanol–water partition coefficient (Wildman–Crippen LogP) is 2.56. The highest BCUT2D eigenvalue weighted by molar-refractivity contribution is 4.87. The van der Waals surface area contributed by atoms with Crippen LogP contribution in [0.3, 0.4) is 0 Å². The van der Waals surface area contributed by atoms with Crippen molar-refractivity contribution in [1.29, 1.82) is 0 Å². The molecule has 1 N–H and O–H groups in total. The molecule has 2 aliphatic carbocycles. The molecule has 0 heterocycles. The van der Waals surface area contributed by atoms with Gasteiger partial charge in [-0.25, -0.2) is 0 Å². The Morgan fingerprint density at radius 1 is 0.917 bits per heavy atom. The molecular weight excluding hydrogens is 146 g/mol. The highest BCUT2D eigenvalue weighted by Gasteiger charge is 2.31. The van der Waals surface area contributed by atoms with Gasteiger partial charge in [0.1, 0.15) is 0 Å². The first-order chi connectivity index (χ1) is 5.77. The average molecular weight is 167 g/mol. The van der Waals surface area contributed by atoms with Crippen molar-refractivity contribution in [2.75, 3.05) is 0 Å². The Bertz CT molecular complexity index is 147. The normalized spacial score (nSPS) is 29.5. The molecule has 0 radical (unpaired) electrons. The van der Waals surface area contributed by atoms with Gasteiger partial charge in [-0.1, -0.05) is 6.42 Å². The van der Waals surface area contributed by atoms with Crippen molar-refractivity contribution in [1.82, 2.24) is 5.32 Å². The summed E-state index contributed by atoms with van der Waals surface area (Å²) < 4.78 is 0. The zero-order valence-corrected chi connectivity index (χ0v) is 8.34. The second-order valence-corrected chi connectivity index (χ2v) is 4.77. The zero-order chi connectivity index (χ0) is 8.55. The van der Waals surface area contributed by atoms with E-state index in [9.17, 15) is 0 Å². The van der Waals surface area contributed by atoms with E-state index in [1.54, 1.807) is 0 Å². The molecule has 12 heavy (non-hydrogen) atoms. The maximum atomic E-state index is 3.74. The van der Waals surface area contributed by atoms with E-state index in [2.05, 4.69) is 19.2 Å². The third-order valence-corrected chi connectivity index (χ3v) is 3.71. The number of hydrogen-bond acceptors (Lipinski definition) is 1. The monoisotopic (exact) mass is 167 g/mol. The lowest BCUT2D eigenvalue weighted by Gasteiger charge is -2.34. The van der Waals surface area contributed by atoms with Crippen molar-refractivity contribution in [3.63, 3.8) is 0 Å². The molecule has 0 aromatic carbocycles. The van der Waals surface area contributed by atoms with Crippen LogP contribution in [0.5, 0.6) is 0 Å². The Balaban J connectivity index is 1.69. The molecule has 2 unspecified atom stereocenters. The maximum Gasteiger partial charge on any atom is 0.00695 e. The largest absolute Gasteiger partial charge is 0.311 e. The van der Waals surface area contributed by atoms with Crippen LogP contribution in [0.15, 0.2) is 0 Å². The van der Waals surface area contributed by atoms with Crippen LogP contribution in [0, 0.1) is 11.8 Å². The summed E-state index contributed by atoms with van der Waals surface area (Å²) in [6, 6.07) is 1.55. The molecule has 0 aliphatic heterocycles. The van der Waals surface area contributed by atoms with E-state index in [-0.39, 0.29) is 0 Å². The summed E-state index contributed by atoms with van der Waals surface area (Å²) >= 11 is 0. The molecule has 0 spiro atoms. The van der Waals surface area contributed by atoms with Crippen molar-refractivity contribution in [3.05, 3.63) is 0 Å². The summed E-state index contributed by atoms with van der Waals surface area (Å²) in [6.45, 7) is 4.72. The predicted molar refractivity (Wildman–Crippen MR) is 52.1 cm³/mol. The highest BCUT2D eigenvalue weighted by Crippen LogP contribution is 2.34. The molecule has 0 aromatic rings. The van der Waals surface area contributed by atoms with Crippen LogP contribution < -0.4 is 5.32 Å². The third-order valence-electron chi connectivity index (χ3n) is 3.71. The van der Waals surface area contributed by atoms with Crippen LogP contribution in [-0.4, -0.2) is 12.1 Å². The van der Waals surface area contributed by atoms with Gasteiger partial charge < -0.3 is 5.32 Å². The van der Waals surface area contributed by atoms with E-state index < -0.39 is 0 Å². The fourth-order valence-electron chi connectivity index (χ4n) is 2.22. The van der Waals surface area contributed by atoms with E-state index in [4.69, 9.17) is 0 Å². The number of rotatable bonds is 4. The van der Waals surface area contributed by atoms with E-state index in [0.29, 0.717) is 0 Å². The van der Waals surface area contributed by atoms with E-state index >= 15 is 0 Å². The summed E-state index contributed by atoms with van der Waals surface area (Å²) in [7, 11) is 0. The minimum Gasteiger partial charge on any atom is -0.311 e. The van der Waals surface area contributed by atoms with Crippen molar-refractivity contribution in [2.45, 2.75) is 58.0 Å². The Morgan fingerprint density at radius 3 is 1.75 bits per heavy atom. The lowest BCUT2D eigenvalue weighted by molar-refractivity contribution is 0.224. The van der Waals surface area contributed by atoms with E-state index in [0.717, 1.165) is 23.9 Å². The quantitative estimate of drug-likeness (QED) is 0.678. The van der Waals surface area contributed by atoms with E-state index in [1.165, 1.54) is 32.1 Å². The third kappa shape index (κ3) is 1.82. The van der Waals surface area contributed by atoms with Crippen molar-refractivity contribution >= 4 is 0 Å². The molecule has 0 aromatic heterocycles. The molecule has 2 fully saturated rings. The summed E-state index contributed by atoms with van der Waals surface area (Å²) in [4.78, 5) is 0. The van der Waals surface area contributed by atoms with Crippen LogP contribution >= 0.6 is 0 Å². The van der Waals surface area contributed by atoms with Crippen molar-refractivity contribution in [2.24, 2.45) is 11.8 Å². The lowest BCUT2D eigenvalue weighted by Crippen LogP contribution is -2.42. The van der Waals surface area contributed by atoms with Gasteiger partial charge in [0.2, 0.25) is 0 Å². The molecule has 1 heteroatoms. The van der Waals surface area contributed by atoms with Gasteiger partial charge in [0.25, 0.3) is 0 Å². The fraction of sp³-hybridized carbons (Fsp3) is 1.00. The molecule has 0 amide bonds. The fourth-order valence-corrected chi connectivity index (χ4v) is 2.22. The second-order valence-electron chi connectivity index (χ2n) is 4.77. The lowest BCUT2D eigenvalue weighted by atomic mass is 9.80. The summed E-state index contributed by atoms with van der Waals surface area (Å²) in [6.07, 6.45) is 7.32. The summed E-state index contributed by atoms with van der Waals surface area (Å²) in [5.41, 5.74) is 0. The van der Waals surface area contributed by atoms with Crippen molar-refractivity contribution < 1.29 is 0 Å². The molecule has 2 aliphatic rings. The molecule has 70 valence electrons. The Kier molecular flexibility index (Phi) is 2.40. The molecule has 0 saturated heterocycles. The first kappa shape index (κ1) is 8.55. The topological polar surface area (TPSA) is 12.0 Å². The Morgan fingerprint density at radius 2 is 1.42 bits per heavy atom. The summed E-state index contributed by atoms with van der Waals surface area (Å²) in [5.74, 6) is 2.00. The molecule has 2 saturated carbocycles. The van der Waals surface area contributed by atoms with Gasteiger partial charge in [-0.2, -0.15) is 0 Å². The van der Waals surface area contributed by atoms with Gasteiger partial charge in [-0.3, -0.25) is 0 Å². The van der Waals surface area contributed by atoms with Gasteiger partial charge in [-0.05, 0) is 51.4 Å². The zero-order valence-electron chi connectivity index (χ0n) is 8.34. The smallest absolute Gasteiger partial charge is 0.00695 e. The minimum atomic E-state index is 0.773. The average Bonchev–Trinajstić information content (AvgIpc) is 2.61. The summed E-state index contributed by atoms with van der Waals surface area (Å²) in [5, 5.41) is 3.74. The molecule has 0 bridgehead atoms. The van der Waals surface area contributed by atoms with Gasteiger partial charge in [0, 0.05) is 12.1 Å². The molecular formula is C11H21N. The number of nitrogens with one attached hydrogen (secondary N) is 1. The first-order valence-corrected chi connectivity index (χ1v) is 5.53. The first-order valence-electron chi connectivity index (χ1n) is 5.53. The van der Waals surface area contributed by atoms with Gasteiger partial charge in [0.15, 0.2) is 0 Å².